The Bertz CT molecular complexity index is 1170. The lowest BCUT2D eigenvalue weighted by Crippen LogP contribution is -2.35. The molecule has 1 saturated carbocycles. The lowest BCUT2D eigenvalue weighted by Gasteiger charge is -2.28. The number of benzene rings is 1. The van der Waals surface area contributed by atoms with Crippen molar-refractivity contribution in [3.63, 3.8) is 0 Å². The summed E-state index contributed by atoms with van der Waals surface area (Å²) < 4.78 is 5.80. The van der Waals surface area contributed by atoms with Crippen molar-refractivity contribution in [2.75, 3.05) is 24.7 Å². The zero-order valence-corrected chi connectivity index (χ0v) is 19.1. The molecule has 0 aliphatic heterocycles. The van der Waals surface area contributed by atoms with Gasteiger partial charge in [-0.15, -0.1) is 0 Å². The maximum atomic E-state index is 13.1. The predicted octanol–water partition coefficient (Wildman–Crippen LogP) is 4.22. The third-order valence-corrected chi connectivity index (χ3v) is 6.14. The van der Waals surface area contributed by atoms with Gasteiger partial charge in [0.1, 0.15) is 11.3 Å². The van der Waals surface area contributed by atoms with Crippen molar-refractivity contribution in [3.05, 3.63) is 54.0 Å². The van der Waals surface area contributed by atoms with E-state index in [1.807, 2.05) is 31.2 Å². The summed E-state index contributed by atoms with van der Waals surface area (Å²) in [5, 5.41) is 6.30. The quantitative estimate of drug-likeness (QED) is 0.608. The van der Waals surface area contributed by atoms with Gasteiger partial charge in [0.2, 0.25) is 17.6 Å². The topological polar surface area (TPSA) is 105 Å². The molecule has 4 rings (SSSR count). The van der Waals surface area contributed by atoms with Gasteiger partial charge in [0, 0.05) is 44.0 Å². The van der Waals surface area contributed by atoms with E-state index in [-0.39, 0.29) is 29.4 Å². The number of aromatic nitrogens is 1. The van der Waals surface area contributed by atoms with Crippen LogP contribution in [0.15, 0.2) is 47.1 Å². The summed E-state index contributed by atoms with van der Waals surface area (Å²) in [5.41, 5.74) is 2.50. The summed E-state index contributed by atoms with van der Waals surface area (Å²) in [6, 6.07) is 9.08. The molecule has 8 heteroatoms. The number of aryl methyl sites for hydroxylation is 1. The molecule has 33 heavy (non-hydrogen) atoms. The molecule has 1 aromatic carbocycles. The highest BCUT2D eigenvalue weighted by Crippen LogP contribution is 2.34. The molecule has 172 valence electrons. The van der Waals surface area contributed by atoms with E-state index >= 15 is 0 Å². The van der Waals surface area contributed by atoms with E-state index in [0.717, 1.165) is 5.56 Å². The highest BCUT2D eigenvalue weighted by molar-refractivity contribution is 6.14. The number of pyridine rings is 1. The van der Waals surface area contributed by atoms with Crippen molar-refractivity contribution >= 4 is 40.1 Å². The molecule has 3 aromatic rings. The van der Waals surface area contributed by atoms with Crippen molar-refractivity contribution in [1.29, 1.82) is 0 Å². The maximum Gasteiger partial charge on any atom is 0.293 e. The first kappa shape index (κ1) is 22.5. The van der Waals surface area contributed by atoms with Crippen LogP contribution in [0.25, 0.3) is 11.0 Å². The van der Waals surface area contributed by atoms with Gasteiger partial charge in [0.25, 0.3) is 5.91 Å². The average Bonchev–Trinajstić information content (AvgIpc) is 3.18. The van der Waals surface area contributed by atoms with Gasteiger partial charge in [-0.05, 0) is 50.8 Å². The van der Waals surface area contributed by atoms with Gasteiger partial charge in [0.05, 0.1) is 5.39 Å². The van der Waals surface area contributed by atoms with Crippen molar-refractivity contribution in [2.45, 2.75) is 32.6 Å². The van der Waals surface area contributed by atoms with Gasteiger partial charge >= 0.3 is 0 Å². The normalized spacial score (nSPS) is 18.0. The standard InChI is InChI=1S/C25H28N4O4/c1-15-4-10-18(11-5-15)27-24(31)22-21(19-14-26-13-12-20(19)33-22)28-23(30)16-6-8-17(9-7-16)25(32)29(2)3/h4-5,10-14,16-17H,6-9H2,1-3H3,(H,27,31)(H,28,30). The zero-order valence-electron chi connectivity index (χ0n) is 19.1. The van der Waals surface area contributed by atoms with Crippen molar-refractivity contribution in [2.24, 2.45) is 11.8 Å². The van der Waals surface area contributed by atoms with Crippen LogP contribution in [0.4, 0.5) is 11.4 Å². The highest BCUT2D eigenvalue weighted by atomic mass is 16.3. The van der Waals surface area contributed by atoms with Crippen LogP contribution in [0.3, 0.4) is 0 Å². The fourth-order valence-corrected chi connectivity index (χ4v) is 4.24. The fourth-order valence-electron chi connectivity index (χ4n) is 4.24. The van der Waals surface area contributed by atoms with Crippen LogP contribution in [-0.2, 0) is 9.59 Å². The van der Waals surface area contributed by atoms with Crippen LogP contribution in [0.1, 0.15) is 41.8 Å². The van der Waals surface area contributed by atoms with Gasteiger partial charge in [-0.25, -0.2) is 0 Å². The fraction of sp³-hybridized carbons (Fsp3) is 0.360. The van der Waals surface area contributed by atoms with Gasteiger partial charge in [0.15, 0.2) is 0 Å². The first-order valence-corrected chi connectivity index (χ1v) is 11.1. The number of amides is 3. The number of hydrogen-bond donors (Lipinski definition) is 2. The largest absolute Gasteiger partial charge is 0.448 e. The number of anilines is 2. The summed E-state index contributed by atoms with van der Waals surface area (Å²) in [5.74, 6) is -0.767. The Morgan fingerprint density at radius 3 is 2.30 bits per heavy atom. The van der Waals surface area contributed by atoms with Crippen molar-refractivity contribution in [1.82, 2.24) is 9.88 Å². The molecule has 0 saturated heterocycles. The number of rotatable bonds is 5. The number of nitrogens with zero attached hydrogens (tertiary/aromatic N) is 2. The molecular weight excluding hydrogens is 420 g/mol. The molecule has 0 atom stereocenters. The number of fused-ring (bicyclic) bond motifs is 1. The smallest absolute Gasteiger partial charge is 0.293 e. The van der Waals surface area contributed by atoms with E-state index in [1.54, 1.807) is 37.5 Å². The SMILES string of the molecule is Cc1ccc(NC(=O)c2oc3ccncc3c2NC(=O)C2CCC(C(=O)N(C)C)CC2)cc1. The minimum atomic E-state index is -0.453. The third kappa shape index (κ3) is 4.89. The van der Waals surface area contributed by atoms with E-state index in [0.29, 0.717) is 48.0 Å². The number of hydrogen-bond acceptors (Lipinski definition) is 5. The van der Waals surface area contributed by atoms with Crippen LogP contribution in [0.5, 0.6) is 0 Å². The maximum absolute atomic E-state index is 13.1. The first-order chi connectivity index (χ1) is 15.8. The van der Waals surface area contributed by atoms with E-state index in [9.17, 15) is 14.4 Å². The lowest BCUT2D eigenvalue weighted by molar-refractivity contribution is -0.135. The van der Waals surface area contributed by atoms with Gasteiger partial charge in [-0.2, -0.15) is 0 Å². The minimum Gasteiger partial charge on any atom is -0.448 e. The Morgan fingerprint density at radius 1 is 0.970 bits per heavy atom. The Balaban J connectivity index is 1.52. The van der Waals surface area contributed by atoms with Crippen LogP contribution >= 0.6 is 0 Å². The summed E-state index contributed by atoms with van der Waals surface area (Å²) in [6.07, 6.45) is 5.73. The molecular formula is C25H28N4O4. The molecule has 0 spiro atoms. The zero-order chi connectivity index (χ0) is 23.5. The van der Waals surface area contributed by atoms with Gasteiger partial charge in [-0.3, -0.25) is 19.4 Å². The van der Waals surface area contributed by atoms with E-state index in [4.69, 9.17) is 4.42 Å². The number of carbonyl (C=O) groups is 3. The molecule has 2 aromatic heterocycles. The monoisotopic (exact) mass is 448 g/mol. The lowest BCUT2D eigenvalue weighted by atomic mass is 9.81. The molecule has 3 amide bonds. The molecule has 0 unspecified atom stereocenters. The molecule has 1 aliphatic rings. The van der Waals surface area contributed by atoms with Crippen LogP contribution in [0, 0.1) is 18.8 Å². The molecule has 0 radical (unpaired) electrons. The molecule has 1 aliphatic carbocycles. The highest BCUT2D eigenvalue weighted by Gasteiger charge is 2.32. The van der Waals surface area contributed by atoms with Gasteiger partial charge < -0.3 is 20.0 Å². The Labute approximate surface area is 192 Å². The van der Waals surface area contributed by atoms with Crippen LogP contribution in [-0.4, -0.2) is 41.7 Å². The molecule has 1 fully saturated rings. The Kier molecular flexibility index (Phi) is 6.44. The number of furan rings is 1. The summed E-state index contributed by atoms with van der Waals surface area (Å²) in [6.45, 7) is 1.97. The summed E-state index contributed by atoms with van der Waals surface area (Å²) >= 11 is 0. The number of nitrogens with one attached hydrogen (secondary N) is 2. The molecule has 0 bridgehead atoms. The Hall–Kier alpha value is -3.68. The van der Waals surface area contributed by atoms with E-state index in [1.165, 1.54) is 0 Å². The first-order valence-electron chi connectivity index (χ1n) is 11.1. The molecule has 8 nitrogen and oxygen atoms in total. The second-order valence-electron chi connectivity index (χ2n) is 8.77. The second-order valence-corrected chi connectivity index (χ2v) is 8.77. The average molecular weight is 449 g/mol. The third-order valence-electron chi connectivity index (χ3n) is 6.14. The molecule has 2 heterocycles. The summed E-state index contributed by atoms with van der Waals surface area (Å²) in [4.78, 5) is 44.1. The van der Waals surface area contributed by atoms with Crippen LogP contribution in [0.2, 0.25) is 0 Å². The number of carbonyl (C=O) groups excluding carboxylic acids is 3. The van der Waals surface area contributed by atoms with Crippen molar-refractivity contribution < 1.29 is 18.8 Å². The predicted molar refractivity (Wildman–Crippen MR) is 126 cm³/mol. The van der Waals surface area contributed by atoms with Crippen LogP contribution < -0.4 is 10.6 Å². The minimum absolute atomic E-state index is 0.0309. The summed E-state index contributed by atoms with van der Waals surface area (Å²) in [7, 11) is 3.50. The molecule has 2 N–H and O–H groups in total. The van der Waals surface area contributed by atoms with Gasteiger partial charge in [-0.1, -0.05) is 17.7 Å². The Morgan fingerprint density at radius 2 is 1.64 bits per heavy atom. The second kappa shape index (κ2) is 9.44. The van der Waals surface area contributed by atoms with Crippen molar-refractivity contribution in [3.8, 4) is 0 Å². The van der Waals surface area contributed by atoms with E-state index in [2.05, 4.69) is 15.6 Å². The van der Waals surface area contributed by atoms with E-state index < -0.39 is 5.91 Å².